The van der Waals surface area contributed by atoms with E-state index < -0.39 is 50.7 Å². The third kappa shape index (κ3) is 6.98. The van der Waals surface area contributed by atoms with Crippen LogP contribution in [0.25, 0.3) is 0 Å². The number of hydrogen-bond acceptors (Lipinski definition) is 12. The fourth-order valence-corrected chi connectivity index (χ4v) is 5.18. The van der Waals surface area contributed by atoms with Gasteiger partial charge in [-0.25, -0.2) is 4.67 Å². The van der Waals surface area contributed by atoms with Crippen molar-refractivity contribution in [3.05, 3.63) is 0 Å². The Labute approximate surface area is 199 Å². The summed E-state index contributed by atoms with van der Waals surface area (Å²) in [5.41, 5.74) is 0. The minimum absolute atomic E-state index is 0.0521. The maximum atomic E-state index is 12.5. The second kappa shape index (κ2) is 12.8. The minimum atomic E-state index is -1.65. The summed E-state index contributed by atoms with van der Waals surface area (Å²) >= 11 is 0. The first-order chi connectivity index (χ1) is 16.1. The topological polar surface area (TPSA) is 167 Å². The molecule has 2 aliphatic rings. The number of amides is 1. The van der Waals surface area contributed by atoms with E-state index in [0.29, 0.717) is 0 Å². The van der Waals surface area contributed by atoms with Crippen LogP contribution in [0.1, 0.15) is 47.5 Å². The average Bonchev–Trinajstić information content (AvgIpc) is 3.16. The van der Waals surface area contributed by atoms with Gasteiger partial charge in [0.2, 0.25) is 6.04 Å². The zero-order valence-corrected chi connectivity index (χ0v) is 20.7. The lowest BCUT2D eigenvalue weighted by atomic mass is 10.1. The molecule has 2 heterocycles. The largest absolute Gasteiger partial charge is 0.463 e. The van der Waals surface area contributed by atoms with Crippen molar-refractivity contribution in [3.8, 4) is 12.1 Å². The highest BCUT2D eigenvalue weighted by molar-refractivity contribution is 7.44. The summed E-state index contributed by atoms with van der Waals surface area (Å²) < 4.78 is 25.2. The monoisotopic (exact) mass is 496 g/mol. The van der Waals surface area contributed by atoms with Gasteiger partial charge in [-0.15, -0.1) is 5.11 Å². The van der Waals surface area contributed by atoms with E-state index in [1.54, 1.807) is 6.07 Å². The van der Waals surface area contributed by atoms with Crippen LogP contribution >= 0.6 is 8.53 Å². The van der Waals surface area contributed by atoms with Gasteiger partial charge in [0.05, 0.1) is 25.2 Å². The lowest BCUT2D eigenvalue weighted by Gasteiger charge is -2.37. The summed E-state index contributed by atoms with van der Waals surface area (Å²) in [6.07, 6.45) is -2.23. The van der Waals surface area contributed by atoms with Crippen molar-refractivity contribution in [2.45, 2.75) is 84.0 Å². The van der Waals surface area contributed by atoms with Crippen LogP contribution in [0, 0.1) is 22.7 Å². The smallest absolute Gasteiger partial charge is 0.317 e. The molecular weight excluding hydrogens is 467 g/mol. The second-order valence-corrected chi connectivity index (χ2v) is 9.52. The van der Waals surface area contributed by atoms with Crippen molar-refractivity contribution in [1.82, 2.24) is 9.68 Å². The summed E-state index contributed by atoms with van der Waals surface area (Å²) in [5.74, 6) is -2.54. The number of carbonyl (C=O) groups is 3. The Balaban J connectivity index is 2.26. The Hall–Kier alpha value is -2.54. The molecule has 1 saturated heterocycles. The number of Topliss-reactive ketones (excluding diaryl/α,β-unsaturated/α-hetero) is 1. The van der Waals surface area contributed by atoms with Gasteiger partial charge in [0.15, 0.2) is 6.23 Å². The van der Waals surface area contributed by atoms with Crippen molar-refractivity contribution in [2.75, 3.05) is 13.2 Å². The third-order valence-corrected chi connectivity index (χ3v) is 7.00. The summed E-state index contributed by atoms with van der Waals surface area (Å²) in [6.45, 7) is 9.20. The lowest BCUT2D eigenvalue weighted by Crippen LogP contribution is -2.46. The standard InChI is InChI=1S/C20H29N6O7P/c1-12(2)26(13(3)4)34(31-8-6-7-21)33-16-9-18(32-17(16)11-30-14(5)27)25-20(29)19(28)15(10-22)23-24-25/h12-13,15-18H,6,8-9,11H2,1-5H3. The molecule has 5 atom stereocenters. The van der Waals surface area contributed by atoms with Gasteiger partial charge in [-0.1, -0.05) is 5.22 Å². The predicted molar refractivity (Wildman–Crippen MR) is 116 cm³/mol. The fourth-order valence-electron chi connectivity index (χ4n) is 3.42. The highest BCUT2D eigenvalue weighted by Crippen LogP contribution is 2.49. The van der Waals surface area contributed by atoms with Crippen LogP contribution in [0.5, 0.6) is 0 Å². The number of nitriles is 2. The van der Waals surface area contributed by atoms with E-state index in [0.717, 1.165) is 5.01 Å². The molecule has 0 aliphatic carbocycles. The van der Waals surface area contributed by atoms with Gasteiger partial charge >= 0.3 is 11.9 Å². The van der Waals surface area contributed by atoms with Gasteiger partial charge in [0.25, 0.3) is 14.3 Å². The molecule has 13 nitrogen and oxygen atoms in total. The fraction of sp³-hybridized carbons (Fsp3) is 0.750. The number of carbonyl (C=O) groups excluding carboxylic acids is 3. The average molecular weight is 496 g/mol. The number of hydrogen-bond donors (Lipinski definition) is 0. The van der Waals surface area contributed by atoms with Crippen LogP contribution in [0.4, 0.5) is 0 Å². The molecule has 0 saturated carbocycles. The number of esters is 1. The van der Waals surface area contributed by atoms with E-state index in [1.165, 1.54) is 6.92 Å². The molecule has 14 heteroatoms. The third-order valence-electron chi connectivity index (χ3n) is 4.84. The van der Waals surface area contributed by atoms with Gasteiger partial charge in [0, 0.05) is 25.4 Å². The zero-order valence-electron chi connectivity index (χ0n) is 19.8. The molecule has 0 N–H and O–H groups in total. The number of rotatable bonds is 11. The Morgan fingerprint density at radius 1 is 1.29 bits per heavy atom. The normalized spacial score (nSPS) is 25.6. The first-order valence-corrected chi connectivity index (χ1v) is 11.9. The van der Waals surface area contributed by atoms with E-state index in [4.69, 9.17) is 29.0 Å². The number of nitrogens with zero attached hydrogens (tertiary/aromatic N) is 6. The first-order valence-electron chi connectivity index (χ1n) is 10.8. The second-order valence-electron chi connectivity index (χ2n) is 8.11. The molecular formula is C20H29N6O7P. The molecule has 2 rings (SSSR count). The quantitative estimate of drug-likeness (QED) is 0.179. The Morgan fingerprint density at radius 2 is 1.97 bits per heavy atom. The Bertz CT molecular complexity index is 862. The van der Waals surface area contributed by atoms with Gasteiger partial charge in [-0.05, 0) is 27.7 Å². The van der Waals surface area contributed by atoms with Gasteiger partial charge in [-0.2, -0.15) is 15.5 Å². The zero-order chi connectivity index (χ0) is 25.4. The van der Waals surface area contributed by atoms with Crippen molar-refractivity contribution >= 4 is 26.2 Å². The molecule has 0 aromatic rings. The molecule has 0 bridgehead atoms. The Morgan fingerprint density at radius 3 is 2.53 bits per heavy atom. The summed E-state index contributed by atoms with van der Waals surface area (Å²) in [5, 5.41) is 25.9. The maximum Gasteiger partial charge on any atom is 0.317 e. The van der Waals surface area contributed by atoms with Crippen LogP contribution in [-0.2, 0) is 32.9 Å². The van der Waals surface area contributed by atoms with Crippen LogP contribution in [-0.4, -0.2) is 77.1 Å². The molecule has 0 radical (unpaired) electrons. The molecule has 34 heavy (non-hydrogen) atoms. The molecule has 1 amide bonds. The van der Waals surface area contributed by atoms with Crippen LogP contribution in [0.3, 0.4) is 0 Å². The van der Waals surface area contributed by atoms with Gasteiger partial charge in [0.1, 0.15) is 18.8 Å². The van der Waals surface area contributed by atoms with Crippen LogP contribution < -0.4 is 0 Å². The molecule has 0 aromatic heterocycles. The minimum Gasteiger partial charge on any atom is -0.463 e. The van der Waals surface area contributed by atoms with Crippen LogP contribution in [0.15, 0.2) is 10.3 Å². The van der Waals surface area contributed by atoms with Crippen molar-refractivity contribution in [3.63, 3.8) is 0 Å². The van der Waals surface area contributed by atoms with E-state index in [1.807, 2.05) is 38.4 Å². The predicted octanol–water partition coefficient (Wildman–Crippen LogP) is 2.00. The van der Waals surface area contributed by atoms with Gasteiger partial charge in [-0.3, -0.25) is 14.4 Å². The highest BCUT2D eigenvalue weighted by atomic mass is 31.2. The van der Waals surface area contributed by atoms with E-state index in [2.05, 4.69) is 10.3 Å². The van der Waals surface area contributed by atoms with E-state index in [-0.39, 0.29) is 38.1 Å². The van der Waals surface area contributed by atoms with E-state index >= 15 is 0 Å². The Kier molecular flexibility index (Phi) is 10.4. The molecule has 0 spiro atoms. The van der Waals surface area contributed by atoms with E-state index in [9.17, 15) is 14.4 Å². The summed E-state index contributed by atoms with van der Waals surface area (Å²) in [7, 11) is -1.65. The van der Waals surface area contributed by atoms with Gasteiger partial charge < -0.3 is 18.5 Å². The molecule has 186 valence electrons. The molecule has 1 fully saturated rings. The number of ether oxygens (including phenoxy) is 2. The van der Waals surface area contributed by atoms with Crippen molar-refractivity contribution in [1.29, 1.82) is 10.5 Å². The number of ketones is 1. The molecule has 2 aliphatic heterocycles. The lowest BCUT2D eigenvalue weighted by molar-refractivity contribution is -0.161. The summed E-state index contributed by atoms with van der Waals surface area (Å²) in [6, 6.07) is 2.26. The molecule has 0 aromatic carbocycles. The SMILES string of the molecule is CC(=O)OCC1OC(N2N=NC(C#N)C(=O)C2=O)CC1OP(OCCC#N)N(C(C)C)C(C)C. The highest BCUT2D eigenvalue weighted by Gasteiger charge is 2.47. The van der Waals surface area contributed by atoms with Crippen molar-refractivity contribution in [2.24, 2.45) is 10.3 Å². The molecule has 5 unspecified atom stereocenters. The van der Waals surface area contributed by atoms with Crippen molar-refractivity contribution < 1.29 is 32.9 Å². The summed E-state index contributed by atoms with van der Waals surface area (Å²) in [4.78, 5) is 35.9. The van der Waals surface area contributed by atoms with Crippen LogP contribution in [0.2, 0.25) is 0 Å². The maximum absolute atomic E-state index is 12.5. The first kappa shape index (κ1) is 27.7.